The molecule has 1 aromatic carbocycles. The number of hydrogen-bond acceptors (Lipinski definition) is 4. The minimum atomic E-state index is -4.40. The standard InChI is InChI=1S/C17H14F3N3OS/c18-17(19,20)11-3-5-12(6-4-11)23-13-2-1-7-21-15(13)22-8-9-25-10-14(22)16(23)24/h1-7,14H,8-10H2. The second-order valence-electron chi connectivity index (χ2n) is 5.85. The van der Waals surface area contributed by atoms with E-state index in [1.807, 2.05) is 4.90 Å². The summed E-state index contributed by atoms with van der Waals surface area (Å²) >= 11 is 1.70. The van der Waals surface area contributed by atoms with Gasteiger partial charge >= 0.3 is 6.18 Å². The lowest BCUT2D eigenvalue weighted by atomic mass is 10.1. The van der Waals surface area contributed by atoms with E-state index in [1.165, 1.54) is 17.0 Å². The van der Waals surface area contributed by atoms with Crippen LogP contribution in [0.4, 0.5) is 30.4 Å². The zero-order valence-corrected chi connectivity index (χ0v) is 13.8. The maximum Gasteiger partial charge on any atom is 0.416 e. The van der Waals surface area contributed by atoms with Gasteiger partial charge in [0.15, 0.2) is 5.82 Å². The van der Waals surface area contributed by atoms with E-state index in [0.717, 1.165) is 24.4 Å². The first-order chi connectivity index (χ1) is 12.0. The molecule has 4 rings (SSSR count). The Kier molecular flexibility index (Phi) is 3.87. The SMILES string of the molecule is O=C1C2CSCCN2c2ncccc2N1c1ccc(C(F)(F)F)cc1. The monoisotopic (exact) mass is 365 g/mol. The molecule has 2 aromatic rings. The normalized spacial score (nSPS) is 20.3. The van der Waals surface area contributed by atoms with Crippen LogP contribution < -0.4 is 9.80 Å². The van der Waals surface area contributed by atoms with Gasteiger partial charge in [0.25, 0.3) is 5.91 Å². The zero-order chi connectivity index (χ0) is 17.6. The molecule has 1 fully saturated rings. The van der Waals surface area contributed by atoms with Crippen molar-refractivity contribution in [1.29, 1.82) is 0 Å². The zero-order valence-electron chi connectivity index (χ0n) is 13.0. The summed E-state index contributed by atoms with van der Waals surface area (Å²) in [6.07, 6.45) is -2.74. The molecule has 0 saturated carbocycles. The Bertz CT molecular complexity index is 810. The van der Waals surface area contributed by atoms with Gasteiger partial charge < -0.3 is 4.90 Å². The van der Waals surface area contributed by atoms with Gasteiger partial charge in [-0.15, -0.1) is 0 Å². The van der Waals surface area contributed by atoms with E-state index in [9.17, 15) is 18.0 Å². The Hall–Kier alpha value is -2.22. The molecule has 3 heterocycles. The highest BCUT2D eigenvalue weighted by atomic mass is 32.2. The highest BCUT2D eigenvalue weighted by molar-refractivity contribution is 7.99. The summed E-state index contributed by atoms with van der Waals surface area (Å²) in [5.74, 6) is 2.13. The van der Waals surface area contributed by atoms with Crippen molar-refractivity contribution in [3.63, 3.8) is 0 Å². The first-order valence-corrected chi connectivity index (χ1v) is 8.93. The van der Waals surface area contributed by atoms with E-state index < -0.39 is 11.7 Å². The second-order valence-corrected chi connectivity index (χ2v) is 7.00. The lowest BCUT2D eigenvalue weighted by molar-refractivity contribution is -0.137. The second kappa shape index (κ2) is 5.94. The van der Waals surface area contributed by atoms with Crippen LogP contribution in [-0.4, -0.2) is 35.0 Å². The molecular formula is C17H14F3N3OS. The molecule has 1 amide bonds. The molecule has 0 bridgehead atoms. The molecule has 0 aliphatic carbocycles. The van der Waals surface area contributed by atoms with Crippen LogP contribution >= 0.6 is 11.8 Å². The summed E-state index contributed by atoms with van der Waals surface area (Å²) in [4.78, 5) is 20.9. The molecule has 1 aromatic heterocycles. The molecule has 1 atom stereocenters. The Morgan fingerprint density at radius 3 is 2.64 bits per heavy atom. The van der Waals surface area contributed by atoms with Gasteiger partial charge in [0.05, 0.1) is 11.3 Å². The summed E-state index contributed by atoms with van der Waals surface area (Å²) in [6.45, 7) is 0.728. The molecule has 0 radical (unpaired) electrons. The average molecular weight is 365 g/mol. The Morgan fingerprint density at radius 2 is 1.92 bits per heavy atom. The van der Waals surface area contributed by atoms with Gasteiger partial charge in [0.1, 0.15) is 6.04 Å². The third-order valence-electron chi connectivity index (χ3n) is 4.37. The lowest BCUT2D eigenvalue weighted by Crippen LogP contribution is -2.56. The van der Waals surface area contributed by atoms with Crippen molar-refractivity contribution < 1.29 is 18.0 Å². The van der Waals surface area contributed by atoms with Crippen molar-refractivity contribution in [2.24, 2.45) is 0 Å². The molecular weight excluding hydrogens is 351 g/mol. The van der Waals surface area contributed by atoms with Crippen LogP contribution in [0.3, 0.4) is 0 Å². The van der Waals surface area contributed by atoms with E-state index in [4.69, 9.17) is 0 Å². The molecule has 8 heteroatoms. The molecule has 25 heavy (non-hydrogen) atoms. The number of halogens is 3. The highest BCUT2D eigenvalue weighted by Gasteiger charge is 2.41. The largest absolute Gasteiger partial charge is 0.416 e. The van der Waals surface area contributed by atoms with Gasteiger partial charge in [-0.25, -0.2) is 4.98 Å². The Labute approximate surface area is 146 Å². The van der Waals surface area contributed by atoms with Crippen molar-refractivity contribution in [2.45, 2.75) is 12.2 Å². The topological polar surface area (TPSA) is 36.4 Å². The van der Waals surface area contributed by atoms with E-state index in [0.29, 0.717) is 22.9 Å². The van der Waals surface area contributed by atoms with E-state index in [1.54, 1.807) is 30.1 Å². The number of rotatable bonds is 1. The lowest BCUT2D eigenvalue weighted by Gasteiger charge is -2.43. The molecule has 0 spiro atoms. The minimum absolute atomic E-state index is 0.132. The van der Waals surface area contributed by atoms with Crippen molar-refractivity contribution in [3.8, 4) is 0 Å². The maximum atomic E-state index is 13.0. The summed E-state index contributed by atoms with van der Waals surface area (Å²) in [6, 6.07) is 7.83. The molecule has 1 unspecified atom stereocenters. The van der Waals surface area contributed by atoms with Gasteiger partial charge in [-0.3, -0.25) is 9.69 Å². The fourth-order valence-electron chi connectivity index (χ4n) is 3.18. The number of alkyl halides is 3. The van der Waals surface area contributed by atoms with Crippen LogP contribution in [0.25, 0.3) is 0 Å². The number of anilines is 3. The molecule has 1 saturated heterocycles. The number of carbonyl (C=O) groups excluding carboxylic acids is 1. The van der Waals surface area contributed by atoms with Crippen LogP contribution in [-0.2, 0) is 11.0 Å². The van der Waals surface area contributed by atoms with Gasteiger partial charge in [0, 0.05) is 29.9 Å². The van der Waals surface area contributed by atoms with Gasteiger partial charge in [-0.05, 0) is 36.4 Å². The molecule has 0 N–H and O–H groups in total. The number of amides is 1. The first kappa shape index (κ1) is 16.3. The minimum Gasteiger partial charge on any atom is -0.341 e. The molecule has 2 aliphatic rings. The van der Waals surface area contributed by atoms with E-state index in [-0.39, 0.29) is 11.9 Å². The van der Waals surface area contributed by atoms with Crippen LogP contribution in [0.1, 0.15) is 5.56 Å². The van der Waals surface area contributed by atoms with Gasteiger partial charge in [0.2, 0.25) is 0 Å². The van der Waals surface area contributed by atoms with Crippen LogP contribution in [0.15, 0.2) is 42.6 Å². The van der Waals surface area contributed by atoms with Crippen LogP contribution in [0.2, 0.25) is 0 Å². The van der Waals surface area contributed by atoms with Crippen molar-refractivity contribution in [1.82, 2.24) is 4.98 Å². The average Bonchev–Trinajstić information content (AvgIpc) is 2.62. The predicted molar refractivity (Wildman–Crippen MR) is 91.3 cm³/mol. The number of pyridine rings is 1. The van der Waals surface area contributed by atoms with Gasteiger partial charge in [-0.2, -0.15) is 24.9 Å². The third kappa shape index (κ3) is 2.74. The quantitative estimate of drug-likeness (QED) is 0.772. The van der Waals surface area contributed by atoms with Gasteiger partial charge in [-0.1, -0.05) is 0 Å². The number of hydrogen-bond donors (Lipinski definition) is 0. The fraction of sp³-hybridized carbons (Fsp3) is 0.294. The smallest absolute Gasteiger partial charge is 0.341 e. The summed E-state index contributed by atoms with van der Waals surface area (Å²) < 4.78 is 38.4. The maximum absolute atomic E-state index is 13.0. The predicted octanol–water partition coefficient (Wildman–Crippen LogP) is 3.70. The van der Waals surface area contributed by atoms with Crippen molar-refractivity contribution in [3.05, 3.63) is 48.2 Å². The van der Waals surface area contributed by atoms with Crippen LogP contribution in [0.5, 0.6) is 0 Å². The number of nitrogens with zero attached hydrogens (tertiary/aromatic N) is 3. The number of fused-ring (bicyclic) bond motifs is 3. The number of benzene rings is 1. The first-order valence-electron chi connectivity index (χ1n) is 7.77. The number of aromatic nitrogens is 1. The number of carbonyl (C=O) groups is 1. The molecule has 130 valence electrons. The van der Waals surface area contributed by atoms with Crippen molar-refractivity contribution >= 4 is 34.9 Å². The van der Waals surface area contributed by atoms with Crippen molar-refractivity contribution in [2.75, 3.05) is 27.9 Å². The summed E-state index contributed by atoms with van der Waals surface area (Å²) in [5.41, 5.74) is 0.292. The highest BCUT2D eigenvalue weighted by Crippen LogP contribution is 2.41. The summed E-state index contributed by atoms with van der Waals surface area (Å²) in [5, 5.41) is 0. The molecule has 2 aliphatic heterocycles. The fourth-order valence-corrected chi connectivity index (χ4v) is 4.22. The third-order valence-corrected chi connectivity index (χ3v) is 5.39. The Morgan fingerprint density at radius 1 is 1.16 bits per heavy atom. The van der Waals surface area contributed by atoms with Crippen LogP contribution in [0, 0.1) is 0 Å². The molecule has 4 nitrogen and oxygen atoms in total. The number of thioether (sulfide) groups is 1. The Balaban J connectivity index is 1.79. The van der Waals surface area contributed by atoms with E-state index in [2.05, 4.69) is 4.98 Å². The van der Waals surface area contributed by atoms with E-state index >= 15 is 0 Å². The summed E-state index contributed by atoms with van der Waals surface area (Å²) in [7, 11) is 0.